The minimum atomic E-state index is -5.01. The number of nitrogens with two attached hydrogens (primary N) is 2. The summed E-state index contributed by atoms with van der Waals surface area (Å²) in [5.74, 6) is -2.37. The third-order valence-electron chi connectivity index (χ3n) is 6.07. The van der Waals surface area contributed by atoms with Crippen LogP contribution in [0.5, 0.6) is 5.75 Å². The normalized spacial score (nSPS) is 17.3. The van der Waals surface area contributed by atoms with Gasteiger partial charge in [-0.05, 0) is 38.9 Å². The number of aliphatic carboxylic acids is 1. The highest BCUT2D eigenvalue weighted by Gasteiger charge is 2.58. The highest BCUT2D eigenvalue weighted by atomic mass is 32.3. The number of benzene rings is 1. The number of rotatable bonds is 15. The van der Waals surface area contributed by atoms with Crippen LogP contribution in [0.1, 0.15) is 26.0 Å². The van der Waals surface area contributed by atoms with Crippen molar-refractivity contribution < 1.29 is 46.3 Å². The second-order valence-corrected chi connectivity index (χ2v) is 12.6. The number of ether oxygens (including phenoxy) is 1. The lowest BCUT2D eigenvalue weighted by Crippen LogP contribution is -2.76. The molecule has 8 N–H and O–H groups in total. The van der Waals surface area contributed by atoms with Gasteiger partial charge in [-0.25, -0.2) is 14.8 Å². The predicted molar refractivity (Wildman–Crippen MR) is 157 cm³/mol. The van der Waals surface area contributed by atoms with Crippen molar-refractivity contribution in [3.8, 4) is 5.75 Å². The molecule has 1 saturated heterocycles. The number of nitrogen functional groups attached to an aromatic ring is 1. The molecule has 238 valence electrons. The van der Waals surface area contributed by atoms with Crippen LogP contribution in [0.2, 0.25) is 0 Å². The SMILES string of the molecule is CC1(C)[C@H](NC(=O)/C(=N\O[C@@H](COc2ccc3nc(SCCCN)[nH]c3c2)C(=O)O)c2csc(N)n2)C(=O)N1OS(=O)(=O)O. The number of thioether (sulfide) groups is 1. The van der Waals surface area contributed by atoms with E-state index in [1.807, 2.05) is 0 Å². The van der Waals surface area contributed by atoms with Gasteiger partial charge in [0.25, 0.3) is 17.9 Å². The Morgan fingerprint density at radius 1 is 1.34 bits per heavy atom. The number of aromatic nitrogens is 3. The molecule has 1 aliphatic heterocycles. The van der Waals surface area contributed by atoms with Crippen LogP contribution in [0.3, 0.4) is 0 Å². The monoisotopic (exact) mass is 672 g/mol. The molecule has 2 amide bonds. The van der Waals surface area contributed by atoms with Gasteiger partial charge in [-0.15, -0.1) is 15.6 Å². The maximum Gasteiger partial charge on any atom is 0.418 e. The summed E-state index contributed by atoms with van der Waals surface area (Å²) in [4.78, 5) is 54.3. The molecule has 4 rings (SSSR count). The first kappa shape index (κ1) is 32.9. The number of nitrogens with zero attached hydrogens (tertiary/aromatic N) is 4. The van der Waals surface area contributed by atoms with Crippen LogP contribution in [-0.2, 0) is 33.9 Å². The number of H-pyrrole nitrogens is 1. The summed E-state index contributed by atoms with van der Waals surface area (Å²) in [6, 6.07) is 3.61. The number of carboxylic acids is 1. The molecule has 44 heavy (non-hydrogen) atoms. The fourth-order valence-corrected chi connectivity index (χ4v) is 5.68. The number of anilines is 1. The van der Waals surface area contributed by atoms with E-state index >= 15 is 0 Å². The molecule has 1 fully saturated rings. The maximum atomic E-state index is 13.2. The van der Waals surface area contributed by atoms with Gasteiger partial charge >= 0.3 is 16.4 Å². The van der Waals surface area contributed by atoms with Crippen molar-refractivity contribution in [1.82, 2.24) is 25.3 Å². The summed E-state index contributed by atoms with van der Waals surface area (Å²) in [7, 11) is -5.01. The molecule has 0 saturated carbocycles. The zero-order valence-electron chi connectivity index (χ0n) is 23.1. The Kier molecular flexibility index (Phi) is 9.95. The molecular formula is C23H28N8O10S3. The number of oxime groups is 1. The molecule has 2 atom stereocenters. The summed E-state index contributed by atoms with van der Waals surface area (Å²) in [6.07, 6.45) is -0.857. The predicted octanol–water partition coefficient (Wildman–Crippen LogP) is 0.135. The molecule has 1 aromatic carbocycles. The summed E-state index contributed by atoms with van der Waals surface area (Å²) in [5.41, 5.74) is 10.5. The van der Waals surface area contributed by atoms with Crippen LogP contribution in [0.4, 0.5) is 5.13 Å². The molecule has 1 aliphatic rings. The van der Waals surface area contributed by atoms with Crippen LogP contribution >= 0.6 is 23.1 Å². The van der Waals surface area contributed by atoms with Crippen molar-refractivity contribution >= 4 is 73.2 Å². The third-order valence-corrected chi connectivity index (χ3v) is 8.04. The number of amides is 2. The molecule has 2 aromatic heterocycles. The zero-order valence-corrected chi connectivity index (χ0v) is 25.6. The van der Waals surface area contributed by atoms with Crippen LogP contribution in [0.25, 0.3) is 11.0 Å². The van der Waals surface area contributed by atoms with E-state index in [0.717, 1.165) is 23.5 Å². The molecule has 0 unspecified atom stereocenters. The van der Waals surface area contributed by atoms with Crippen LogP contribution < -0.4 is 21.5 Å². The number of imidazole rings is 1. The van der Waals surface area contributed by atoms with E-state index in [0.29, 0.717) is 33.5 Å². The molecule has 21 heteroatoms. The Balaban J connectivity index is 1.46. The van der Waals surface area contributed by atoms with Crippen molar-refractivity contribution in [3.05, 3.63) is 29.3 Å². The first-order valence-electron chi connectivity index (χ1n) is 12.6. The second kappa shape index (κ2) is 13.3. The molecule has 0 bridgehead atoms. The second-order valence-electron chi connectivity index (χ2n) is 9.66. The van der Waals surface area contributed by atoms with E-state index in [-0.39, 0.29) is 10.8 Å². The van der Waals surface area contributed by atoms with Gasteiger partial charge in [-0.3, -0.25) is 14.1 Å². The lowest BCUT2D eigenvalue weighted by Gasteiger charge is -2.50. The lowest BCUT2D eigenvalue weighted by atomic mass is 9.84. The van der Waals surface area contributed by atoms with Gasteiger partial charge in [0, 0.05) is 17.2 Å². The van der Waals surface area contributed by atoms with Crippen molar-refractivity contribution in [2.45, 2.75) is 43.1 Å². The quantitative estimate of drug-likeness (QED) is 0.0313. The van der Waals surface area contributed by atoms with Crippen LogP contribution in [0, 0.1) is 0 Å². The zero-order chi connectivity index (χ0) is 32.2. The van der Waals surface area contributed by atoms with E-state index in [1.54, 1.807) is 18.2 Å². The number of carbonyl (C=O) groups is 3. The highest BCUT2D eigenvalue weighted by molar-refractivity contribution is 7.99. The largest absolute Gasteiger partial charge is 0.489 e. The number of β-lactam (4-membered cyclic amide) rings is 1. The number of nitrogens with one attached hydrogen (secondary N) is 2. The van der Waals surface area contributed by atoms with Gasteiger partial charge in [0.05, 0.1) is 16.6 Å². The molecule has 0 spiro atoms. The number of hydroxylamine groups is 2. The molecule has 0 radical (unpaired) electrons. The molecule has 18 nitrogen and oxygen atoms in total. The summed E-state index contributed by atoms with van der Waals surface area (Å²) < 4.78 is 41.0. The molecule has 3 heterocycles. The van der Waals surface area contributed by atoms with Gasteiger partial charge in [0.1, 0.15) is 24.1 Å². The Morgan fingerprint density at radius 2 is 2.09 bits per heavy atom. The fourth-order valence-electron chi connectivity index (χ4n) is 3.83. The third kappa shape index (κ3) is 7.73. The summed E-state index contributed by atoms with van der Waals surface area (Å²) in [5, 5.41) is 18.3. The maximum absolute atomic E-state index is 13.2. The smallest absolute Gasteiger partial charge is 0.418 e. The summed E-state index contributed by atoms with van der Waals surface area (Å²) in [6.45, 7) is 2.77. The van der Waals surface area contributed by atoms with Gasteiger partial charge in [0.2, 0.25) is 0 Å². The van der Waals surface area contributed by atoms with E-state index in [1.165, 1.54) is 31.0 Å². The minimum absolute atomic E-state index is 0.0570. The van der Waals surface area contributed by atoms with E-state index in [9.17, 15) is 27.9 Å². The number of carboxylic acid groups (broad SMARTS) is 1. The minimum Gasteiger partial charge on any atom is -0.489 e. The van der Waals surface area contributed by atoms with Crippen LogP contribution in [0.15, 0.2) is 33.9 Å². The molecule has 3 aromatic rings. The molecular weight excluding hydrogens is 645 g/mol. The van der Waals surface area contributed by atoms with Crippen molar-refractivity contribution in [1.29, 1.82) is 0 Å². The number of aromatic amines is 1. The van der Waals surface area contributed by atoms with Crippen molar-refractivity contribution in [2.75, 3.05) is 24.6 Å². The van der Waals surface area contributed by atoms with E-state index in [4.69, 9.17) is 25.6 Å². The Morgan fingerprint density at radius 3 is 2.70 bits per heavy atom. The molecule has 0 aliphatic carbocycles. The standard InChI is InChI=1S/C23H28N8O10S3/c1-23(2)17(19(33)31(23)41-44(36,37)38)29-18(32)16(14-10-43-21(25)26-14)30-40-15(20(34)35)9-39-11-4-5-12-13(8-11)28-22(27-12)42-7-3-6-24/h4-5,8,10,15,17H,3,6-7,9,24H2,1-2H3,(H2,25,26)(H,27,28)(H,29,32)(H,34,35)(H,36,37,38)/b30-16-/t15-,17+/m0/s1. The fraction of sp³-hybridized carbons (Fsp3) is 0.391. The van der Waals surface area contributed by atoms with E-state index < -0.39 is 58.2 Å². The Hall–Kier alpha value is -4.02. The Bertz CT molecular complexity index is 1690. The van der Waals surface area contributed by atoms with Gasteiger partial charge in [0.15, 0.2) is 16.0 Å². The van der Waals surface area contributed by atoms with Gasteiger partial charge in [-0.1, -0.05) is 16.9 Å². The first-order valence-corrected chi connectivity index (χ1v) is 15.9. The number of carbonyl (C=O) groups excluding carboxylic acids is 2. The van der Waals surface area contributed by atoms with Gasteiger partial charge in [-0.2, -0.15) is 13.5 Å². The van der Waals surface area contributed by atoms with Crippen LogP contribution in [-0.4, -0.2) is 98.2 Å². The average molecular weight is 673 g/mol. The van der Waals surface area contributed by atoms with E-state index in [2.05, 4.69) is 29.7 Å². The first-order chi connectivity index (χ1) is 20.7. The lowest BCUT2D eigenvalue weighted by molar-refractivity contribution is -0.218. The number of hydrogen-bond donors (Lipinski definition) is 6. The van der Waals surface area contributed by atoms with Crippen molar-refractivity contribution in [3.63, 3.8) is 0 Å². The van der Waals surface area contributed by atoms with Gasteiger partial charge < -0.3 is 36.4 Å². The average Bonchev–Trinajstić information content (AvgIpc) is 3.56. The van der Waals surface area contributed by atoms with Crippen molar-refractivity contribution in [2.24, 2.45) is 10.9 Å². The number of hydrogen-bond acceptors (Lipinski definition) is 15. The summed E-state index contributed by atoms with van der Waals surface area (Å²) >= 11 is 2.47. The Labute approximate surface area is 258 Å². The number of thiazole rings is 1. The number of fused-ring (bicyclic) bond motifs is 1. The topological polar surface area (TPSA) is 275 Å². The highest BCUT2D eigenvalue weighted by Crippen LogP contribution is 2.33.